The highest BCUT2D eigenvalue weighted by Crippen LogP contribution is 2.38. The van der Waals surface area contributed by atoms with E-state index in [-0.39, 0.29) is 22.6 Å². The molecule has 1 N–H and O–H groups in total. The van der Waals surface area contributed by atoms with E-state index in [0.717, 1.165) is 6.08 Å². The van der Waals surface area contributed by atoms with Crippen LogP contribution in [0.4, 0.5) is 0 Å². The number of hydrogen-bond acceptors (Lipinski definition) is 5. The van der Waals surface area contributed by atoms with E-state index in [1.165, 1.54) is 26.4 Å². The van der Waals surface area contributed by atoms with Gasteiger partial charge in [0.15, 0.2) is 11.5 Å². The zero-order valence-corrected chi connectivity index (χ0v) is 9.31. The second-order valence-electron chi connectivity index (χ2n) is 3.45. The van der Waals surface area contributed by atoms with Crippen LogP contribution < -0.4 is 9.47 Å². The lowest BCUT2D eigenvalue weighted by Crippen LogP contribution is -2.19. The van der Waals surface area contributed by atoms with Crippen LogP contribution in [-0.4, -0.2) is 30.9 Å². The van der Waals surface area contributed by atoms with Gasteiger partial charge >= 0.3 is 0 Å². The second kappa shape index (κ2) is 3.93. The Balaban J connectivity index is 2.77. The maximum absolute atomic E-state index is 11.6. The molecule has 1 aromatic carbocycles. The number of ketones is 2. The average molecular weight is 234 g/mol. The molecule has 1 aliphatic carbocycles. The number of aliphatic hydroxyl groups excluding tert-OH is 1. The van der Waals surface area contributed by atoms with Crippen LogP contribution in [0.25, 0.3) is 5.76 Å². The maximum Gasteiger partial charge on any atom is 0.233 e. The number of fused-ring (bicyclic) bond motifs is 1. The molecule has 0 aliphatic heterocycles. The molecule has 0 saturated carbocycles. The number of carbonyl (C=O) groups excluding carboxylic acids is 2. The molecule has 0 unspecified atom stereocenters. The van der Waals surface area contributed by atoms with Crippen LogP contribution in [0.3, 0.4) is 0 Å². The number of carbonyl (C=O) groups is 2. The SMILES string of the molecule is COc1ccc2c(c1OC)C(O)=CC(=O)C2=O. The number of methoxy groups -OCH3 is 2. The lowest BCUT2D eigenvalue weighted by atomic mass is 9.93. The Morgan fingerprint density at radius 2 is 1.82 bits per heavy atom. The molecule has 5 heteroatoms. The van der Waals surface area contributed by atoms with E-state index in [1.807, 2.05) is 0 Å². The quantitative estimate of drug-likeness (QED) is 0.782. The molecular weight excluding hydrogens is 224 g/mol. The lowest BCUT2D eigenvalue weighted by Gasteiger charge is -2.17. The largest absolute Gasteiger partial charge is 0.507 e. The predicted octanol–water partition coefficient (Wildman–Crippen LogP) is 1.37. The van der Waals surface area contributed by atoms with Gasteiger partial charge in [0, 0.05) is 11.6 Å². The summed E-state index contributed by atoms with van der Waals surface area (Å²) in [5.41, 5.74) is 0.309. The van der Waals surface area contributed by atoms with Crippen molar-refractivity contribution in [3.8, 4) is 11.5 Å². The van der Waals surface area contributed by atoms with Gasteiger partial charge in [-0.25, -0.2) is 0 Å². The molecule has 17 heavy (non-hydrogen) atoms. The zero-order chi connectivity index (χ0) is 12.6. The van der Waals surface area contributed by atoms with Crippen molar-refractivity contribution in [3.63, 3.8) is 0 Å². The van der Waals surface area contributed by atoms with Crippen molar-refractivity contribution in [3.05, 3.63) is 29.3 Å². The summed E-state index contributed by atoms with van der Waals surface area (Å²) < 4.78 is 10.2. The Bertz CT molecular complexity index is 542. The maximum atomic E-state index is 11.6. The lowest BCUT2D eigenvalue weighted by molar-refractivity contribution is -0.111. The van der Waals surface area contributed by atoms with Gasteiger partial charge in [0.1, 0.15) is 5.76 Å². The first kappa shape index (κ1) is 11.2. The van der Waals surface area contributed by atoms with Gasteiger partial charge in [-0.2, -0.15) is 0 Å². The molecule has 0 bridgehead atoms. The summed E-state index contributed by atoms with van der Waals surface area (Å²) in [5.74, 6) is -1.09. The number of Topliss-reactive ketones (excluding diaryl/α,β-unsaturated/α-hetero) is 1. The van der Waals surface area contributed by atoms with Crippen LogP contribution in [0.5, 0.6) is 11.5 Å². The number of allylic oxidation sites excluding steroid dienone is 1. The molecule has 88 valence electrons. The van der Waals surface area contributed by atoms with Crippen LogP contribution in [0, 0.1) is 0 Å². The number of hydrogen-bond donors (Lipinski definition) is 1. The summed E-state index contributed by atoms with van der Waals surface area (Å²) in [6.45, 7) is 0. The molecular formula is C12H10O5. The fraction of sp³-hybridized carbons (Fsp3) is 0.167. The van der Waals surface area contributed by atoms with Gasteiger partial charge in [0.05, 0.1) is 19.8 Å². The van der Waals surface area contributed by atoms with Gasteiger partial charge in [-0.1, -0.05) is 0 Å². The monoisotopic (exact) mass is 234 g/mol. The number of benzene rings is 1. The molecule has 1 aromatic rings. The molecule has 1 aliphatic rings. The fourth-order valence-electron chi connectivity index (χ4n) is 1.77. The standard InChI is InChI=1S/C12H10O5/c1-16-9-4-3-6-10(12(9)17-2)7(13)5-8(14)11(6)15/h3-5,13H,1-2H3. The smallest absolute Gasteiger partial charge is 0.233 e. The van der Waals surface area contributed by atoms with Gasteiger partial charge in [-0.05, 0) is 12.1 Å². The van der Waals surface area contributed by atoms with E-state index in [2.05, 4.69) is 0 Å². The summed E-state index contributed by atoms with van der Waals surface area (Å²) in [7, 11) is 2.84. The fourth-order valence-corrected chi connectivity index (χ4v) is 1.77. The number of ether oxygens (including phenoxy) is 2. The molecule has 5 nitrogen and oxygen atoms in total. The molecule has 0 saturated heterocycles. The van der Waals surface area contributed by atoms with E-state index < -0.39 is 11.6 Å². The second-order valence-corrected chi connectivity index (χ2v) is 3.45. The van der Waals surface area contributed by atoms with Gasteiger partial charge < -0.3 is 14.6 Å². The van der Waals surface area contributed by atoms with Gasteiger partial charge in [0.2, 0.25) is 11.6 Å². The van der Waals surface area contributed by atoms with Crippen LogP contribution in [-0.2, 0) is 4.79 Å². The zero-order valence-electron chi connectivity index (χ0n) is 9.31. The van der Waals surface area contributed by atoms with E-state index in [1.54, 1.807) is 0 Å². The van der Waals surface area contributed by atoms with Crippen LogP contribution >= 0.6 is 0 Å². The van der Waals surface area contributed by atoms with Crippen molar-refractivity contribution in [2.75, 3.05) is 14.2 Å². The molecule has 0 heterocycles. The van der Waals surface area contributed by atoms with E-state index in [4.69, 9.17) is 9.47 Å². The molecule has 2 rings (SSSR count). The topological polar surface area (TPSA) is 72.8 Å². The highest BCUT2D eigenvalue weighted by Gasteiger charge is 2.30. The highest BCUT2D eigenvalue weighted by atomic mass is 16.5. The van der Waals surface area contributed by atoms with Crippen molar-refractivity contribution in [2.45, 2.75) is 0 Å². The minimum atomic E-state index is -0.748. The number of aliphatic hydroxyl groups is 1. The third-order valence-electron chi connectivity index (χ3n) is 2.54. The van der Waals surface area contributed by atoms with E-state index in [0.29, 0.717) is 5.75 Å². The Morgan fingerprint density at radius 3 is 2.41 bits per heavy atom. The first-order valence-corrected chi connectivity index (χ1v) is 4.84. The first-order chi connectivity index (χ1) is 8.10. The van der Waals surface area contributed by atoms with Crippen molar-refractivity contribution in [1.29, 1.82) is 0 Å². The highest BCUT2D eigenvalue weighted by molar-refractivity contribution is 6.50. The van der Waals surface area contributed by atoms with Gasteiger partial charge in [0.25, 0.3) is 0 Å². The molecule has 0 radical (unpaired) electrons. The summed E-state index contributed by atoms with van der Waals surface area (Å²) in [6.07, 6.45) is 0.882. The Morgan fingerprint density at radius 1 is 1.12 bits per heavy atom. The minimum Gasteiger partial charge on any atom is -0.507 e. The summed E-state index contributed by atoms with van der Waals surface area (Å²) >= 11 is 0. The van der Waals surface area contributed by atoms with Crippen LogP contribution in [0.2, 0.25) is 0 Å². The van der Waals surface area contributed by atoms with Gasteiger partial charge in [-0.15, -0.1) is 0 Å². The molecule has 0 aromatic heterocycles. The number of rotatable bonds is 2. The van der Waals surface area contributed by atoms with Crippen LogP contribution in [0.1, 0.15) is 15.9 Å². The summed E-state index contributed by atoms with van der Waals surface area (Å²) in [5, 5.41) is 9.73. The third kappa shape index (κ3) is 1.56. The third-order valence-corrected chi connectivity index (χ3v) is 2.54. The van der Waals surface area contributed by atoms with Crippen molar-refractivity contribution in [2.24, 2.45) is 0 Å². The van der Waals surface area contributed by atoms with Gasteiger partial charge in [-0.3, -0.25) is 9.59 Å². The molecule has 0 amide bonds. The Labute approximate surface area is 97.3 Å². The molecule has 0 atom stereocenters. The van der Waals surface area contributed by atoms with Crippen molar-refractivity contribution in [1.82, 2.24) is 0 Å². The molecule has 0 fully saturated rings. The Kier molecular flexibility index (Phi) is 2.59. The summed E-state index contributed by atoms with van der Waals surface area (Å²) in [4.78, 5) is 22.9. The van der Waals surface area contributed by atoms with Crippen molar-refractivity contribution < 1.29 is 24.2 Å². The summed E-state index contributed by atoms with van der Waals surface area (Å²) in [6, 6.07) is 2.95. The minimum absolute atomic E-state index is 0.118. The normalized spacial score (nSPS) is 14.1. The van der Waals surface area contributed by atoms with Crippen LogP contribution in [0.15, 0.2) is 18.2 Å². The first-order valence-electron chi connectivity index (χ1n) is 4.84. The predicted molar refractivity (Wildman–Crippen MR) is 59.5 cm³/mol. The Hall–Kier alpha value is -2.30. The van der Waals surface area contributed by atoms with E-state index >= 15 is 0 Å². The molecule has 0 spiro atoms. The van der Waals surface area contributed by atoms with Crippen molar-refractivity contribution >= 4 is 17.3 Å². The van der Waals surface area contributed by atoms with E-state index in [9.17, 15) is 14.7 Å². The average Bonchev–Trinajstić information content (AvgIpc) is 2.34.